The van der Waals surface area contributed by atoms with E-state index in [9.17, 15) is 4.79 Å². The Kier molecular flexibility index (Phi) is 7.39. The van der Waals surface area contributed by atoms with Gasteiger partial charge in [-0.25, -0.2) is 0 Å². The van der Waals surface area contributed by atoms with Crippen molar-refractivity contribution in [3.8, 4) is 0 Å². The van der Waals surface area contributed by atoms with E-state index in [1.807, 2.05) is 11.9 Å². The highest BCUT2D eigenvalue weighted by Gasteiger charge is 2.19. The Labute approximate surface area is 100 Å². The Balaban J connectivity index is 4.19. The van der Waals surface area contributed by atoms with Gasteiger partial charge in [-0.2, -0.15) is 0 Å². The highest BCUT2D eigenvalue weighted by atomic mass is 16.2. The van der Waals surface area contributed by atoms with Crippen molar-refractivity contribution < 1.29 is 4.79 Å². The first-order valence-electron chi connectivity index (χ1n) is 6.38. The van der Waals surface area contributed by atoms with Crippen molar-refractivity contribution in [3.05, 3.63) is 0 Å². The van der Waals surface area contributed by atoms with Gasteiger partial charge in [0.25, 0.3) is 0 Å². The van der Waals surface area contributed by atoms with Gasteiger partial charge in [0.1, 0.15) is 0 Å². The molecule has 0 spiro atoms. The molecule has 0 rings (SSSR count). The molecule has 3 nitrogen and oxygen atoms in total. The molecule has 0 fully saturated rings. The molecule has 0 saturated carbocycles. The molecule has 96 valence electrons. The highest BCUT2D eigenvalue weighted by Crippen LogP contribution is 2.16. The van der Waals surface area contributed by atoms with Gasteiger partial charge in [-0.1, -0.05) is 20.8 Å². The van der Waals surface area contributed by atoms with Gasteiger partial charge in [0.2, 0.25) is 5.91 Å². The van der Waals surface area contributed by atoms with Crippen LogP contribution < -0.4 is 5.73 Å². The lowest BCUT2D eigenvalue weighted by atomic mass is 9.93. The fourth-order valence-electron chi connectivity index (χ4n) is 1.84. The maximum atomic E-state index is 12.0. The number of rotatable bonds is 7. The molecule has 0 aliphatic carbocycles. The fraction of sp³-hybridized carbons (Fsp3) is 0.923. The fourth-order valence-corrected chi connectivity index (χ4v) is 1.84. The lowest BCUT2D eigenvalue weighted by Gasteiger charge is -2.26. The van der Waals surface area contributed by atoms with Crippen molar-refractivity contribution in [1.82, 2.24) is 4.90 Å². The van der Waals surface area contributed by atoms with Crippen LogP contribution in [0, 0.1) is 11.8 Å². The molecule has 1 amide bonds. The number of nitrogens with zero attached hydrogens (tertiary/aromatic N) is 1. The summed E-state index contributed by atoms with van der Waals surface area (Å²) in [5, 5.41) is 0. The van der Waals surface area contributed by atoms with Crippen LogP contribution in [0.15, 0.2) is 0 Å². The van der Waals surface area contributed by atoms with E-state index < -0.39 is 0 Å². The van der Waals surface area contributed by atoms with Gasteiger partial charge in [0.05, 0.1) is 0 Å². The second-order valence-electron chi connectivity index (χ2n) is 5.20. The quantitative estimate of drug-likeness (QED) is 0.726. The molecule has 16 heavy (non-hydrogen) atoms. The molecule has 0 bridgehead atoms. The highest BCUT2D eigenvalue weighted by molar-refractivity contribution is 5.76. The third-order valence-electron chi connectivity index (χ3n) is 3.25. The zero-order valence-electron chi connectivity index (χ0n) is 11.5. The molecular formula is C13H28N2O. The second-order valence-corrected chi connectivity index (χ2v) is 5.20. The van der Waals surface area contributed by atoms with Crippen molar-refractivity contribution in [2.45, 2.75) is 53.0 Å². The lowest BCUT2D eigenvalue weighted by Crippen LogP contribution is -2.36. The molecule has 0 saturated heterocycles. The average Bonchev–Trinajstić information content (AvgIpc) is 2.25. The minimum Gasteiger partial charge on any atom is -0.343 e. The number of hydrogen-bond acceptors (Lipinski definition) is 2. The molecule has 2 N–H and O–H groups in total. The lowest BCUT2D eigenvalue weighted by molar-refractivity contribution is -0.132. The van der Waals surface area contributed by atoms with E-state index in [-0.39, 0.29) is 5.91 Å². The Morgan fingerprint density at radius 1 is 1.31 bits per heavy atom. The Morgan fingerprint density at radius 3 is 2.25 bits per heavy atom. The minimum absolute atomic E-state index is 0.227. The summed E-state index contributed by atoms with van der Waals surface area (Å²) in [5.41, 5.74) is 5.71. The van der Waals surface area contributed by atoms with E-state index in [1.54, 1.807) is 0 Å². The number of hydrogen-bond donors (Lipinski definition) is 1. The van der Waals surface area contributed by atoms with E-state index in [0.717, 1.165) is 12.8 Å². The van der Waals surface area contributed by atoms with Crippen LogP contribution in [-0.2, 0) is 4.79 Å². The largest absolute Gasteiger partial charge is 0.343 e. The van der Waals surface area contributed by atoms with E-state index in [4.69, 9.17) is 5.73 Å². The molecule has 0 heterocycles. The van der Waals surface area contributed by atoms with E-state index in [1.165, 1.54) is 0 Å². The van der Waals surface area contributed by atoms with Crippen LogP contribution in [0.3, 0.4) is 0 Å². The molecule has 3 heteroatoms. The normalized spacial score (nSPS) is 14.9. The van der Waals surface area contributed by atoms with Crippen LogP contribution in [0.2, 0.25) is 0 Å². The smallest absolute Gasteiger partial charge is 0.222 e. The van der Waals surface area contributed by atoms with Gasteiger partial charge in [-0.05, 0) is 38.1 Å². The van der Waals surface area contributed by atoms with Crippen molar-refractivity contribution in [3.63, 3.8) is 0 Å². The SMILES string of the molecule is CCC(C)N(C)C(=O)C[C@@H](CN)CC(C)C. The minimum atomic E-state index is 0.227. The van der Waals surface area contributed by atoms with Crippen LogP contribution in [0.1, 0.15) is 47.0 Å². The predicted molar refractivity (Wildman–Crippen MR) is 69.1 cm³/mol. The van der Waals surface area contributed by atoms with E-state index >= 15 is 0 Å². The molecule has 0 aromatic heterocycles. The van der Waals surface area contributed by atoms with Crippen LogP contribution in [0.25, 0.3) is 0 Å². The average molecular weight is 228 g/mol. The summed E-state index contributed by atoms with van der Waals surface area (Å²) in [5.74, 6) is 1.17. The monoisotopic (exact) mass is 228 g/mol. The Bertz CT molecular complexity index is 204. The van der Waals surface area contributed by atoms with Crippen LogP contribution >= 0.6 is 0 Å². The van der Waals surface area contributed by atoms with Gasteiger partial charge < -0.3 is 10.6 Å². The van der Waals surface area contributed by atoms with Crippen molar-refractivity contribution in [1.29, 1.82) is 0 Å². The summed E-state index contributed by atoms with van der Waals surface area (Å²) in [6.07, 6.45) is 2.63. The summed E-state index contributed by atoms with van der Waals surface area (Å²) in [6.45, 7) is 9.13. The van der Waals surface area contributed by atoms with E-state index in [0.29, 0.717) is 30.8 Å². The molecule has 1 unspecified atom stereocenters. The molecule has 0 aromatic rings. The molecule has 0 radical (unpaired) electrons. The number of nitrogens with two attached hydrogens (primary N) is 1. The van der Waals surface area contributed by atoms with Crippen molar-refractivity contribution in [2.75, 3.05) is 13.6 Å². The predicted octanol–water partition coefficient (Wildman–Crippen LogP) is 2.25. The maximum absolute atomic E-state index is 12.0. The summed E-state index contributed by atoms with van der Waals surface area (Å²) in [6, 6.07) is 0.324. The van der Waals surface area contributed by atoms with Crippen LogP contribution in [-0.4, -0.2) is 30.4 Å². The van der Waals surface area contributed by atoms with Crippen molar-refractivity contribution >= 4 is 5.91 Å². The zero-order chi connectivity index (χ0) is 12.7. The van der Waals surface area contributed by atoms with Gasteiger partial charge in [-0.3, -0.25) is 4.79 Å². The first-order valence-corrected chi connectivity index (χ1v) is 6.38. The van der Waals surface area contributed by atoms with Crippen LogP contribution in [0.4, 0.5) is 0 Å². The first-order chi connectivity index (χ1) is 7.42. The number of carbonyl (C=O) groups is 1. The summed E-state index contributed by atoms with van der Waals surface area (Å²) in [7, 11) is 1.89. The van der Waals surface area contributed by atoms with Crippen LogP contribution in [0.5, 0.6) is 0 Å². The Morgan fingerprint density at radius 2 is 1.88 bits per heavy atom. The summed E-state index contributed by atoms with van der Waals surface area (Å²) in [4.78, 5) is 13.8. The standard InChI is InChI=1S/C13H28N2O/c1-6-11(4)15(5)13(16)8-12(9-14)7-10(2)3/h10-12H,6-9,14H2,1-5H3/t11?,12-/m0/s1. The van der Waals surface area contributed by atoms with Gasteiger partial charge >= 0.3 is 0 Å². The zero-order valence-corrected chi connectivity index (χ0v) is 11.5. The van der Waals surface area contributed by atoms with Gasteiger partial charge in [-0.15, -0.1) is 0 Å². The van der Waals surface area contributed by atoms with Gasteiger partial charge in [0.15, 0.2) is 0 Å². The summed E-state index contributed by atoms with van der Waals surface area (Å²) < 4.78 is 0. The van der Waals surface area contributed by atoms with Gasteiger partial charge in [0, 0.05) is 19.5 Å². The molecule has 0 aliphatic rings. The van der Waals surface area contributed by atoms with Crippen molar-refractivity contribution in [2.24, 2.45) is 17.6 Å². The molecule has 0 aliphatic heterocycles. The third-order valence-corrected chi connectivity index (χ3v) is 3.25. The first kappa shape index (κ1) is 15.4. The number of amides is 1. The summed E-state index contributed by atoms with van der Waals surface area (Å²) >= 11 is 0. The Hall–Kier alpha value is -0.570. The number of carbonyl (C=O) groups excluding carboxylic acids is 1. The topological polar surface area (TPSA) is 46.3 Å². The third kappa shape index (κ3) is 5.50. The van der Waals surface area contributed by atoms with E-state index in [2.05, 4.69) is 27.7 Å². The molecular weight excluding hydrogens is 200 g/mol. The molecule has 2 atom stereocenters. The molecule has 0 aromatic carbocycles. The second kappa shape index (κ2) is 7.66. The maximum Gasteiger partial charge on any atom is 0.222 e.